The normalized spacial score (nSPS) is 17.2. The third-order valence-electron chi connectivity index (χ3n) is 6.27. The maximum absolute atomic E-state index is 14.1. The summed E-state index contributed by atoms with van der Waals surface area (Å²) >= 11 is 0. The van der Waals surface area contributed by atoms with Gasteiger partial charge in [-0.25, -0.2) is 18.9 Å². The van der Waals surface area contributed by atoms with Crippen LogP contribution in [-0.4, -0.2) is 60.8 Å². The van der Waals surface area contributed by atoms with Crippen LogP contribution in [0.25, 0.3) is 5.65 Å². The minimum absolute atomic E-state index is 0.00233. The van der Waals surface area contributed by atoms with Gasteiger partial charge in [0.1, 0.15) is 17.5 Å². The zero-order valence-corrected chi connectivity index (χ0v) is 20.6. The molecular weight excluding hydrogens is 491 g/mol. The van der Waals surface area contributed by atoms with Crippen molar-refractivity contribution in [3.05, 3.63) is 60.4 Å². The van der Waals surface area contributed by atoms with Crippen molar-refractivity contribution in [3.8, 4) is 0 Å². The number of pyridine rings is 2. The number of aliphatic hydroxyl groups is 1. The molecule has 12 nitrogen and oxygen atoms in total. The average molecular weight is 521 g/mol. The molecule has 7 N–H and O–H groups in total. The predicted molar refractivity (Wildman–Crippen MR) is 142 cm³/mol. The summed E-state index contributed by atoms with van der Waals surface area (Å²) in [6, 6.07) is 8.99. The second-order valence-corrected chi connectivity index (χ2v) is 9.07. The lowest BCUT2D eigenvalue weighted by Gasteiger charge is -2.27. The Morgan fingerprint density at radius 2 is 1.92 bits per heavy atom. The van der Waals surface area contributed by atoms with Gasteiger partial charge in [-0.1, -0.05) is 6.07 Å². The summed E-state index contributed by atoms with van der Waals surface area (Å²) < 4.78 is 15.5. The summed E-state index contributed by atoms with van der Waals surface area (Å²) in [5, 5.41) is 26.0. The van der Waals surface area contributed by atoms with E-state index in [0.717, 1.165) is 31.9 Å². The molecule has 38 heavy (non-hydrogen) atoms. The molecule has 198 valence electrons. The van der Waals surface area contributed by atoms with Crippen LogP contribution >= 0.6 is 0 Å². The summed E-state index contributed by atoms with van der Waals surface area (Å²) in [5.41, 5.74) is 7.14. The molecule has 0 saturated heterocycles. The Morgan fingerprint density at radius 1 is 1.11 bits per heavy atom. The molecular formula is C25H29FN10O2. The number of nitrogens with two attached hydrogens (primary N) is 1. The summed E-state index contributed by atoms with van der Waals surface area (Å²) in [4.78, 5) is 25.7. The summed E-state index contributed by atoms with van der Waals surface area (Å²) in [5.74, 6) is 0.438. The smallest absolute Gasteiger partial charge is 0.276 e. The highest BCUT2D eigenvalue weighted by molar-refractivity contribution is 6.03. The molecule has 0 unspecified atom stereocenters. The fourth-order valence-corrected chi connectivity index (χ4v) is 4.35. The molecule has 1 saturated carbocycles. The first-order chi connectivity index (χ1) is 18.5. The molecule has 1 amide bonds. The minimum atomic E-state index is -0.649. The van der Waals surface area contributed by atoms with E-state index in [1.165, 1.54) is 23.0 Å². The van der Waals surface area contributed by atoms with Crippen molar-refractivity contribution in [1.82, 2.24) is 24.6 Å². The SMILES string of the molecule is NC1CCC(Nc2cc(Nc3cccc(NCCO)n3)c3ncc(C(=O)Nc4ccncc4F)n3n2)CC1. The van der Waals surface area contributed by atoms with E-state index in [1.54, 1.807) is 12.1 Å². The van der Waals surface area contributed by atoms with Crippen LogP contribution in [0.1, 0.15) is 36.2 Å². The van der Waals surface area contributed by atoms with E-state index in [1.807, 2.05) is 12.1 Å². The van der Waals surface area contributed by atoms with Crippen molar-refractivity contribution in [1.29, 1.82) is 0 Å². The molecule has 0 atom stereocenters. The third-order valence-corrected chi connectivity index (χ3v) is 6.27. The van der Waals surface area contributed by atoms with Crippen LogP contribution in [0.4, 0.5) is 33.2 Å². The molecule has 1 aliphatic rings. The van der Waals surface area contributed by atoms with Crippen LogP contribution in [0.2, 0.25) is 0 Å². The molecule has 1 fully saturated rings. The second-order valence-electron chi connectivity index (χ2n) is 9.07. The number of hydrogen-bond donors (Lipinski definition) is 6. The lowest BCUT2D eigenvalue weighted by molar-refractivity contribution is 0.102. The zero-order valence-electron chi connectivity index (χ0n) is 20.6. The van der Waals surface area contributed by atoms with E-state index in [-0.39, 0.29) is 30.1 Å². The van der Waals surface area contributed by atoms with E-state index >= 15 is 0 Å². The van der Waals surface area contributed by atoms with Crippen LogP contribution in [0.5, 0.6) is 0 Å². The fraction of sp³-hybridized carbons (Fsp3) is 0.320. The van der Waals surface area contributed by atoms with Gasteiger partial charge in [0.05, 0.1) is 30.4 Å². The average Bonchev–Trinajstić information content (AvgIpc) is 3.35. The van der Waals surface area contributed by atoms with Crippen LogP contribution < -0.4 is 27.0 Å². The molecule has 4 aromatic rings. The number of aromatic nitrogens is 5. The number of halogens is 1. The Labute approximate surface area is 217 Å². The maximum atomic E-state index is 14.1. The van der Waals surface area contributed by atoms with Crippen LogP contribution in [0.3, 0.4) is 0 Å². The third kappa shape index (κ3) is 5.79. The van der Waals surface area contributed by atoms with Gasteiger partial charge in [0, 0.05) is 30.9 Å². The number of carbonyl (C=O) groups excluding carboxylic acids is 1. The Morgan fingerprint density at radius 3 is 2.71 bits per heavy atom. The van der Waals surface area contributed by atoms with E-state index in [2.05, 4.69) is 41.3 Å². The Hall–Kier alpha value is -4.36. The maximum Gasteiger partial charge on any atom is 0.276 e. The summed E-state index contributed by atoms with van der Waals surface area (Å²) in [6.45, 7) is 0.347. The van der Waals surface area contributed by atoms with Gasteiger partial charge in [0.2, 0.25) is 0 Å². The number of hydrogen-bond acceptors (Lipinski definition) is 10. The number of rotatable bonds is 9. The number of anilines is 5. The van der Waals surface area contributed by atoms with Crippen LogP contribution in [0.15, 0.2) is 48.9 Å². The molecule has 1 aliphatic carbocycles. The van der Waals surface area contributed by atoms with E-state index in [0.29, 0.717) is 35.3 Å². The highest BCUT2D eigenvalue weighted by atomic mass is 19.1. The van der Waals surface area contributed by atoms with Crippen molar-refractivity contribution >= 4 is 40.4 Å². The number of amides is 1. The number of nitrogens with zero attached hydrogens (tertiary/aromatic N) is 5. The van der Waals surface area contributed by atoms with Gasteiger partial charge < -0.3 is 32.1 Å². The van der Waals surface area contributed by atoms with Gasteiger partial charge in [-0.05, 0) is 43.9 Å². The number of fused-ring (bicyclic) bond motifs is 1. The van der Waals surface area contributed by atoms with E-state index in [4.69, 9.17) is 10.8 Å². The van der Waals surface area contributed by atoms with Gasteiger partial charge >= 0.3 is 0 Å². The van der Waals surface area contributed by atoms with E-state index in [9.17, 15) is 9.18 Å². The highest BCUT2D eigenvalue weighted by Gasteiger charge is 2.22. The molecule has 13 heteroatoms. The number of carbonyl (C=O) groups is 1. The first-order valence-corrected chi connectivity index (χ1v) is 12.4. The lowest BCUT2D eigenvalue weighted by Crippen LogP contribution is -2.33. The van der Waals surface area contributed by atoms with Crippen molar-refractivity contribution < 1.29 is 14.3 Å². The number of imidazole rings is 1. The number of aliphatic hydroxyl groups excluding tert-OH is 1. The molecule has 0 aliphatic heterocycles. The molecule has 0 aromatic carbocycles. The Kier molecular flexibility index (Phi) is 7.56. The zero-order chi connectivity index (χ0) is 26.5. The standard InChI is InChI=1S/C25H29FN10O2/c26-17-13-28-9-8-18(17)33-25(38)20-14-30-24-19(32-22-3-1-2-21(34-22)29-10-11-37)12-23(35-36(20)24)31-16-6-4-15(27)5-7-16/h1-3,8-9,12-16,37H,4-7,10-11,27H2,(H,31,35)(H,28,33,38)(H2,29,32,34). The van der Waals surface area contributed by atoms with Gasteiger partial charge in [0.25, 0.3) is 5.91 Å². The van der Waals surface area contributed by atoms with Crippen molar-refractivity contribution in [3.63, 3.8) is 0 Å². The summed E-state index contributed by atoms with van der Waals surface area (Å²) in [6.07, 6.45) is 7.45. The van der Waals surface area contributed by atoms with Crippen LogP contribution in [-0.2, 0) is 0 Å². The first kappa shape index (κ1) is 25.3. The summed E-state index contributed by atoms with van der Waals surface area (Å²) in [7, 11) is 0. The van der Waals surface area contributed by atoms with Gasteiger partial charge in [-0.3, -0.25) is 9.78 Å². The predicted octanol–water partition coefficient (Wildman–Crippen LogP) is 2.74. The first-order valence-electron chi connectivity index (χ1n) is 12.4. The van der Waals surface area contributed by atoms with Crippen molar-refractivity contribution in [2.45, 2.75) is 37.8 Å². The van der Waals surface area contributed by atoms with Crippen molar-refractivity contribution in [2.24, 2.45) is 5.73 Å². The van der Waals surface area contributed by atoms with Crippen LogP contribution in [0, 0.1) is 5.82 Å². The topological polar surface area (TPSA) is 167 Å². The Balaban J connectivity index is 1.48. The molecule has 4 aromatic heterocycles. The fourth-order valence-electron chi connectivity index (χ4n) is 4.35. The number of nitrogens with one attached hydrogen (secondary N) is 4. The lowest BCUT2D eigenvalue weighted by atomic mass is 9.92. The van der Waals surface area contributed by atoms with Gasteiger partial charge in [-0.15, -0.1) is 5.10 Å². The van der Waals surface area contributed by atoms with Crippen molar-refractivity contribution in [2.75, 3.05) is 34.4 Å². The molecule has 0 bridgehead atoms. The Bertz CT molecular complexity index is 1420. The molecule has 0 radical (unpaired) electrons. The van der Waals surface area contributed by atoms with Gasteiger partial charge in [-0.2, -0.15) is 0 Å². The quantitative estimate of drug-likeness (QED) is 0.193. The molecule has 0 spiro atoms. The van der Waals surface area contributed by atoms with Gasteiger partial charge in [0.15, 0.2) is 17.2 Å². The molecule has 5 rings (SSSR count). The minimum Gasteiger partial charge on any atom is -0.395 e. The second kappa shape index (κ2) is 11.4. The largest absolute Gasteiger partial charge is 0.395 e. The van der Waals surface area contributed by atoms with E-state index < -0.39 is 11.7 Å². The molecule has 4 heterocycles. The monoisotopic (exact) mass is 520 g/mol. The highest BCUT2D eigenvalue weighted by Crippen LogP contribution is 2.27.